The molecule has 0 saturated carbocycles. The number of benzene rings is 2. The van der Waals surface area contributed by atoms with Gasteiger partial charge in [0.2, 0.25) is 0 Å². The summed E-state index contributed by atoms with van der Waals surface area (Å²) in [5.41, 5.74) is 1.89. The molecule has 0 aliphatic carbocycles. The first-order valence-electron chi connectivity index (χ1n) is 9.46. The first-order chi connectivity index (χ1) is 12.5. The highest BCUT2D eigenvalue weighted by atomic mass is 16.5. The lowest BCUT2D eigenvalue weighted by atomic mass is 9.64. The number of rotatable bonds is 9. The van der Waals surface area contributed by atoms with Gasteiger partial charge in [-0.2, -0.15) is 0 Å². The number of aliphatic hydroxyl groups is 1. The summed E-state index contributed by atoms with van der Waals surface area (Å²) in [7, 11) is 3.25. The van der Waals surface area contributed by atoms with Gasteiger partial charge in [0.1, 0.15) is 0 Å². The van der Waals surface area contributed by atoms with Gasteiger partial charge < -0.3 is 14.6 Å². The summed E-state index contributed by atoms with van der Waals surface area (Å²) in [5, 5.41) is 11.5. The maximum absolute atomic E-state index is 11.5. The Kier molecular flexibility index (Phi) is 7.10. The Balaban J connectivity index is 2.47. The lowest BCUT2D eigenvalue weighted by molar-refractivity contribution is -0.0234. The van der Waals surface area contributed by atoms with Crippen LogP contribution in [-0.2, 0) is 6.42 Å². The van der Waals surface area contributed by atoms with E-state index in [4.69, 9.17) is 9.47 Å². The van der Waals surface area contributed by atoms with Crippen LogP contribution in [0.3, 0.4) is 0 Å². The second-order valence-corrected chi connectivity index (χ2v) is 7.08. The van der Waals surface area contributed by atoms with Gasteiger partial charge in [-0.25, -0.2) is 0 Å². The maximum atomic E-state index is 11.5. The van der Waals surface area contributed by atoms with Crippen LogP contribution >= 0.6 is 0 Å². The van der Waals surface area contributed by atoms with Crippen molar-refractivity contribution in [2.75, 3.05) is 14.2 Å². The Hall–Kier alpha value is -2.00. The summed E-state index contributed by atoms with van der Waals surface area (Å²) >= 11 is 0. The molecule has 2 aromatic carbocycles. The molecule has 3 atom stereocenters. The Labute approximate surface area is 158 Å². The highest BCUT2D eigenvalue weighted by Gasteiger charge is 2.41. The fourth-order valence-corrected chi connectivity index (χ4v) is 3.94. The summed E-state index contributed by atoms with van der Waals surface area (Å²) in [6.07, 6.45) is 2.18. The fourth-order valence-electron chi connectivity index (χ4n) is 3.94. The van der Waals surface area contributed by atoms with Crippen molar-refractivity contribution < 1.29 is 14.6 Å². The Morgan fingerprint density at radius 3 is 2.15 bits per heavy atom. The summed E-state index contributed by atoms with van der Waals surface area (Å²) < 4.78 is 10.8. The summed E-state index contributed by atoms with van der Waals surface area (Å²) in [6.45, 7) is 6.62. The molecule has 2 rings (SSSR count). The minimum absolute atomic E-state index is 0.240. The number of methoxy groups -OCH3 is 2. The van der Waals surface area contributed by atoms with Crippen LogP contribution in [0.2, 0.25) is 0 Å². The third-order valence-electron chi connectivity index (χ3n) is 5.90. The van der Waals surface area contributed by atoms with Gasteiger partial charge in [-0.05, 0) is 42.0 Å². The molecule has 26 heavy (non-hydrogen) atoms. The van der Waals surface area contributed by atoms with Crippen LogP contribution in [0.15, 0.2) is 48.5 Å². The second kappa shape index (κ2) is 9.09. The van der Waals surface area contributed by atoms with Crippen molar-refractivity contribution in [3.63, 3.8) is 0 Å². The summed E-state index contributed by atoms with van der Waals surface area (Å²) in [5.74, 6) is 1.70. The molecule has 3 nitrogen and oxygen atoms in total. The maximum Gasteiger partial charge on any atom is 0.161 e. The number of aliphatic hydroxyl groups excluding tert-OH is 1. The molecule has 0 radical (unpaired) electrons. The van der Waals surface area contributed by atoms with Gasteiger partial charge in [0.15, 0.2) is 11.5 Å². The number of hydrogen-bond donors (Lipinski definition) is 1. The lowest BCUT2D eigenvalue weighted by Crippen LogP contribution is -2.37. The standard InChI is InChI=1S/C23H32O3/c1-6-17(3)23(7-2,16-18-11-9-8-10-12-18)22(24)19-13-14-20(25-4)21(15-19)26-5/h8-15,17,22,24H,6-7,16H2,1-5H3. The van der Waals surface area contributed by atoms with Crippen molar-refractivity contribution in [1.29, 1.82) is 0 Å². The smallest absolute Gasteiger partial charge is 0.161 e. The van der Waals surface area contributed by atoms with Gasteiger partial charge >= 0.3 is 0 Å². The van der Waals surface area contributed by atoms with Crippen molar-refractivity contribution in [3.05, 3.63) is 59.7 Å². The normalized spacial score (nSPS) is 15.8. The molecule has 0 amide bonds. The van der Waals surface area contributed by atoms with E-state index in [-0.39, 0.29) is 5.41 Å². The topological polar surface area (TPSA) is 38.7 Å². The summed E-state index contributed by atoms with van der Waals surface area (Å²) in [4.78, 5) is 0. The molecule has 0 fully saturated rings. The molecule has 0 saturated heterocycles. The second-order valence-electron chi connectivity index (χ2n) is 7.08. The van der Waals surface area contributed by atoms with Crippen molar-refractivity contribution in [1.82, 2.24) is 0 Å². The molecule has 0 spiro atoms. The van der Waals surface area contributed by atoms with Gasteiger partial charge in [0, 0.05) is 5.41 Å². The van der Waals surface area contributed by atoms with Crippen LogP contribution in [0, 0.1) is 11.3 Å². The van der Waals surface area contributed by atoms with E-state index in [0.717, 1.165) is 24.8 Å². The van der Waals surface area contributed by atoms with E-state index in [1.165, 1.54) is 5.56 Å². The molecule has 142 valence electrons. The Morgan fingerprint density at radius 1 is 0.962 bits per heavy atom. The van der Waals surface area contributed by atoms with Gasteiger partial charge in [-0.1, -0.05) is 63.6 Å². The van der Waals surface area contributed by atoms with E-state index >= 15 is 0 Å². The van der Waals surface area contributed by atoms with E-state index < -0.39 is 6.10 Å². The molecule has 1 N–H and O–H groups in total. The Morgan fingerprint density at radius 2 is 1.62 bits per heavy atom. The van der Waals surface area contributed by atoms with Crippen LogP contribution in [0.1, 0.15) is 50.8 Å². The average molecular weight is 357 g/mol. The monoisotopic (exact) mass is 356 g/mol. The van der Waals surface area contributed by atoms with Crippen LogP contribution in [0.4, 0.5) is 0 Å². The SMILES string of the molecule is CCC(C)C(CC)(Cc1ccccc1)C(O)c1ccc(OC)c(OC)c1. The van der Waals surface area contributed by atoms with Gasteiger partial charge in [-0.3, -0.25) is 0 Å². The molecule has 3 heteroatoms. The van der Waals surface area contributed by atoms with Crippen molar-refractivity contribution in [2.45, 2.75) is 46.1 Å². The van der Waals surface area contributed by atoms with Crippen molar-refractivity contribution in [2.24, 2.45) is 11.3 Å². The molecule has 0 aliphatic heterocycles. The van der Waals surface area contributed by atoms with Gasteiger partial charge in [0.25, 0.3) is 0 Å². The Bertz CT molecular complexity index is 683. The average Bonchev–Trinajstić information content (AvgIpc) is 2.71. The molecule has 0 aliphatic rings. The van der Waals surface area contributed by atoms with Crippen LogP contribution in [-0.4, -0.2) is 19.3 Å². The summed E-state index contributed by atoms with van der Waals surface area (Å²) in [6, 6.07) is 16.2. The molecule has 0 heterocycles. The zero-order valence-corrected chi connectivity index (χ0v) is 16.7. The predicted octanol–water partition coefficient (Wildman–Crippen LogP) is 5.42. The zero-order valence-electron chi connectivity index (χ0n) is 16.7. The molecular formula is C23H32O3. The zero-order chi connectivity index (χ0) is 19.2. The van der Waals surface area contributed by atoms with E-state index in [0.29, 0.717) is 17.4 Å². The predicted molar refractivity (Wildman–Crippen MR) is 107 cm³/mol. The van der Waals surface area contributed by atoms with Crippen LogP contribution in [0.5, 0.6) is 11.5 Å². The van der Waals surface area contributed by atoms with Gasteiger partial charge in [-0.15, -0.1) is 0 Å². The quantitative estimate of drug-likeness (QED) is 0.652. The lowest BCUT2D eigenvalue weighted by Gasteiger charge is -2.43. The molecule has 3 unspecified atom stereocenters. The number of ether oxygens (including phenoxy) is 2. The van der Waals surface area contributed by atoms with Crippen molar-refractivity contribution in [3.8, 4) is 11.5 Å². The van der Waals surface area contributed by atoms with Crippen LogP contribution < -0.4 is 9.47 Å². The third kappa shape index (κ3) is 4.04. The van der Waals surface area contributed by atoms with E-state index in [1.54, 1.807) is 14.2 Å². The third-order valence-corrected chi connectivity index (χ3v) is 5.90. The fraction of sp³-hybridized carbons (Fsp3) is 0.478. The van der Waals surface area contributed by atoms with Crippen LogP contribution in [0.25, 0.3) is 0 Å². The highest BCUT2D eigenvalue weighted by Crippen LogP contribution is 2.48. The largest absolute Gasteiger partial charge is 0.493 e. The highest BCUT2D eigenvalue weighted by molar-refractivity contribution is 5.44. The minimum atomic E-state index is -0.581. The number of hydrogen-bond acceptors (Lipinski definition) is 3. The first-order valence-corrected chi connectivity index (χ1v) is 9.46. The molecule has 0 bridgehead atoms. The minimum Gasteiger partial charge on any atom is -0.493 e. The molecular weight excluding hydrogens is 324 g/mol. The van der Waals surface area contributed by atoms with E-state index in [1.807, 2.05) is 24.3 Å². The van der Waals surface area contributed by atoms with E-state index in [9.17, 15) is 5.11 Å². The molecule has 2 aromatic rings. The molecule has 0 aromatic heterocycles. The first kappa shape index (κ1) is 20.3. The van der Waals surface area contributed by atoms with Crippen molar-refractivity contribution >= 4 is 0 Å². The van der Waals surface area contributed by atoms with Gasteiger partial charge in [0.05, 0.1) is 20.3 Å². The van der Waals surface area contributed by atoms with E-state index in [2.05, 4.69) is 45.0 Å².